The maximum absolute atomic E-state index is 14.1. The Hall–Kier alpha value is -5.71. The number of fused-ring (bicyclic) bond motifs is 1. The van der Waals surface area contributed by atoms with E-state index in [1.54, 1.807) is 47.9 Å². The number of nitrogens with zero attached hydrogens (tertiary/aromatic N) is 2. The molecule has 0 saturated heterocycles. The van der Waals surface area contributed by atoms with Crippen molar-refractivity contribution in [2.45, 2.75) is 26.9 Å². The van der Waals surface area contributed by atoms with Crippen LogP contribution in [0.25, 0.3) is 16.6 Å². The summed E-state index contributed by atoms with van der Waals surface area (Å²) in [6, 6.07) is 20.5. The molecule has 248 valence electrons. The molecule has 0 atom stereocenters. The third-order valence-corrected chi connectivity index (χ3v) is 7.67. The lowest BCUT2D eigenvalue weighted by Crippen LogP contribution is -2.35. The number of carbonyl (C=O) groups excluding carboxylic acids is 2. The van der Waals surface area contributed by atoms with Gasteiger partial charge in [0.25, 0.3) is 5.91 Å². The summed E-state index contributed by atoms with van der Waals surface area (Å²) in [4.78, 5) is 40.0. The van der Waals surface area contributed by atoms with Crippen molar-refractivity contribution < 1.29 is 37.3 Å². The fourth-order valence-corrected chi connectivity index (χ4v) is 5.25. The van der Waals surface area contributed by atoms with Gasteiger partial charge in [-0.2, -0.15) is 0 Å². The number of carbonyl (C=O) groups is 2. The Morgan fingerprint density at radius 2 is 1.46 bits per heavy atom. The maximum Gasteiger partial charge on any atom is 0.302 e. The highest BCUT2D eigenvalue weighted by Gasteiger charge is 2.24. The van der Waals surface area contributed by atoms with Gasteiger partial charge >= 0.3 is 5.97 Å². The SMILES string of the molecule is CCN(C(=O)c1cn(-c2cc(OC)cc(OC)c2)c2cc(OCCc3ccc(COC(C)=O)cc3)ccc2c1=O)c1cc(F)cc(F)c1. The molecule has 0 aliphatic carbocycles. The molecule has 0 N–H and O–H groups in total. The molecule has 0 aliphatic heterocycles. The molecule has 48 heavy (non-hydrogen) atoms. The van der Waals surface area contributed by atoms with Gasteiger partial charge in [0.1, 0.15) is 41.1 Å². The number of aromatic nitrogens is 1. The minimum absolute atomic E-state index is 0.0168. The van der Waals surface area contributed by atoms with Crippen LogP contribution >= 0.6 is 0 Å². The van der Waals surface area contributed by atoms with Crippen molar-refractivity contribution in [2.75, 3.05) is 32.3 Å². The first kappa shape index (κ1) is 33.6. The second-order valence-electron chi connectivity index (χ2n) is 10.9. The number of pyridine rings is 1. The van der Waals surface area contributed by atoms with Crippen LogP contribution in [0.1, 0.15) is 35.3 Å². The predicted octanol–water partition coefficient (Wildman–Crippen LogP) is 6.64. The smallest absolute Gasteiger partial charge is 0.302 e. The molecule has 11 heteroatoms. The highest BCUT2D eigenvalue weighted by atomic mass is 19.1. The summed E-state index contributed by atoms with van der Waals surface area (Å²) in [5.41, 5.74) is 2.08. The van der Waals surface area contributed by atoms with Crippen molar-refractivity contribution >= 4 is 28.5 Å². The number of halogens is 2. The van der Waals surface area contributed by atoms with Crippen LogP contribution in [0.4, 0.5) is 14.5 Å². The number of anilines is 1. The van der Waals surface area contributed by atoms with E-state index >= 15 is 0 Å². The van der Waals surface area contributed by atoms with E-state index in [1.807, 2.05) is 24.3 Å². The van der Waals surface area contributed by atoms with Crippen LogP contribution in [0.2, 0.25) is 0 Å². The van der Waals surface area contributed by atoms with Crippen molar-refractivity contribution in [1.82, 2.24) is 4.57 Å². The summed E-state index contributed by atoms with van der Waals surface area (Å²) in [6.45, 7) is 3.60. The van der Waals surface area contributed by atoms with E-state index in [0.29, 0.717) is 47.5 Å². The topological polar surface area (TPSA) is 96.3 Å². The zero-order valence-electron chi connectivity index (χ0n) is 26.9. The van der Waals surface area contributed by atoms with Crippen molar-refractivity contribution in [3.8, 4) is 22.9 Å². The maximum atomic E-state index is 14.1. The molecule has 0 saturated carbocycles. The molecule has 0 aliphatic rings. The Balaban J connectivity index is 1.52. The lowest BCUT2D eigenvalue weighted by Gasteiger charge is -2.22. The Kier molecular flexibility index (Phi) is 10.4. The zero-order chi connectivity index (χ0) is 34.4. The minimum atomic E-state index is -0.848. The van der Waals surface area contributed by atoms with E-state index in [4.69, 9.17) is 18.9 Å². The first-order valence-electron chi connectivity index (χ1n) is 15.1. The highest BCUT2D eigenvalue weighted by molar-refractivity contribution is 6.07. The average molecular weight is 657 g/mol. The summed E-state index contributed by atoms with van der Waals surface area (Å²) in [5, 5.41) is 0.222. The van der Waals surface area contributed by atoms with Crippen LogP contribution in [0.3, 0.4) is 0 Å². The van der Waals surface area contributed by atoms with Gasteiger partial charge in [0.15, 0.2) is 0 Å². The fourth-order valence-electron chi connectivity index (χ4n) is 5.25. The largest absolute Gasteiger partial charge is 0.497 e. The van der Waals surface area contributed by atoms with Gasteiger partial charge in [-0.25, -0.2) is 8.78 Å². The van der Waals surface area contributed by atoms with Crippen molar-refractivity contribution in [2.24, 2.45) is 0 Å². The Labute approximate surface area is 275 Å². The van der Waals surface area contributed by atoms with Gasteiger partial charge in [0.2, 0.25) is 5.43 Å². The van der Waals surface area contributed by atoms with Crippen molar-refractivity contribution in [1.29, 1.82) is 0 Å². The number of methoxy groups -OCH3 is 2. The predicted molar refractivity (Wildman–Crippen MR) is 177 cm³/mol. The van der Waals surface area contributed by atoms with Crippen molar-refractivity contribution in [3.05, 3.63) is 124 Å². The molecule has 1 aromatic heterocycles. The second-order valence-corrected chi connectivity index (χ2v) is 10.9. The van der Waals surface area contributed by atoms with Crippen LogP contribution in [0.5, 0.6) is 17.2 Å². The molecule has 1 heterocycles. The van der Waals surface area contributed by atoms with Crippen LogP contribution < -0.4 is 24.5 Å². The number of esters is 1. The minimum Gasteiger partial charge on any atom is -0.497 e. The number of ether oxygens (including phenoxy) is 4. The van der Waals surface area contributed by atoms with E-state index in [0.717, 1.165) is 28.2 Å². The third-order valence-electron chi connectivity index (χ3n) is 7.67. The summed E-state index contributed by atoms with van der Waals surface area (Å²) in [5.74, 6) is -1.33. The van der Waals surface area contributed by atoms with Crippen LogP contribution in [0, 0.1) is 11.6 Å². The molecular weight excluding hydrogens is 622 g/mol. The van der Waals surface area contributed by atoms with Crippen LogP contribution in [0.15, 0.2) is 89.9 Å². The van der Waals surface area contributed by atoms with Gasteiger partial charge in [0, 0.05) is 67.5 Å². The zero-order valence-corrected chi connectivity index (χ0v) is 26.9. The quantitative estimate of drug-likeness (QED) is 0.139. The lowest BCUT2D eigenvalue weighted by atomic mass is 10.1. The van der Waals surface area contributed by atoms with E-state index < -0.39 is 23.0 Å². The van der Waals surface area contributed by atoms with Gasteiger partial charge in [-0.3, -0.25) is 14.4 Å². The number of hydrogen-bond donors (Lipinski definition) is 0. The molecule has 4 aromatic carbocycles. The monoisotopic (exact) mass is 656 g/mol. The summed E-state index contributed by atoms with van der Waals surface area (Å²) < 4.78 is 51.9. The summed E-state index contributed by atoms with van der Waals surface area (Å²) >= 11 is 0. The fraction of sp³-hybridized carbons (Fsp3) is 0.216. The van der Waals surface area contributed by atoms with Gasteiger partial charge in [-0.15, -0.1) is 0 Å². The van der Waals surface area contributed by atoms with Gasteiger partial charge < -0.3 is 28.4 Å². The standard InChI is InChI=1S/C37H34F2N2O7/c1-5-40(28-15-26(38)14-27(39)16-28)37(44)34-21-41(29-17-31(45-3)19-32(18-29)46-4)35-20-30(10-11-33(35)36(34)43)47-13-12-24-6-8-25(9-7-24)22-48-23(2)42/h6-11,14-21H,5,12-13,22H2,1-4H3. The first-order valence-corrected chi connectivity index (χ1v) is 15.1. The van der Waals surface area contributed by atoms with Gasteiger partial charge in [-0.1, -0.05) is 24.3 Å². The molecule has 5 rings (SSSR count). The highest BCUT2D eigenvalue weighted by Crippen LogP contribution is 2.29. The third kappa shape index (κ3) is 7.63. The van der Waals surface area contributed by atoms with E-state index in [9.17, 15) is 23.2 Å². The number of amides is 1. The molecule has 5 aromatic rings. The van der Waals surface area contributed by atoms with Gasteiger partial charge in [0.05, 0.1) is 32.0 Å². The molecular formula is C37H34F2N2O7. The van der Waals surface area contributed by atoms with Gasteiger partial charge in [-0.05, 0) is 42.3 Å². The number of hydrogen-bond acceptors (Lipinski definition) is 7. The Morgan fingerprint density at radius 3 is 2.06 bits per heavy atom. The molecule has 9 nitrogen and oxygen atoms in total. The Bertz CT molecular complexity index is 1980. The van der Waals surface area contributed by atoms with Crippen LogP contribution in [-0.4, -0.2) is 43.8 Å². The number of rotatable bonds is 12. The average Bonchev–Trinajstić information content (AvgIpc) is 3.07. The number of benzene rings is 4. The summed E-state index contributed by atoms with van der Waals surface area (Å²) in [6.07, 6.45) is 1.99. The summed E-state index contributed by atoms with van der Waals surface area (Å²) in [7, 11) is 3.02. The van der Waals surface area contributed by atoms with Crippen molar-refractivity contribution in [3.63, 3.8) is 0 Å². The van der Waals surface area contributed by atoms with Crippen LogP contribution in [-0.2, 0) is 22.6 Å². The first-order chi connectivity index (χ1) is 23.1. The Morgan fingerprint density at radius 1 is 0.812 bits per heavy atom. The second kappa shape index (κ2) is 14.8. The van der Waals surface area contributed by atoms with E-state index in [1.165, 1.54) is 27.3 Å². The van der Waals surface area contributed by atoms with E-state index in [2.05, 4.69) is 0 Å². The molecule has 0 bridgehead atoms. The molecule has 0 unspecified atom stereocenters. The molecule has 0 fully saturated rings. The normalized spacial score (nSPS) is 10.9. The van der Waals surface area contributed by atoms with E-state index in [-0.39, 0.29) is 35.8 Å². The lowest BCUT2D eigenvalue weighted by molar-refractivity contribution is -0.142. The molecule has 0 spiro atoms. The molecule has 1 amide bonds. The molecule has 0 radical (unpaired) electrons.